The largest absolute Gasteiger partial charge is 0.508 e. The molecule has 1 saturated carbocycles. The lowest BCUT2D eigenvalue weighted by Crippen LogP contribution is -2.72. The molecule has 1 aliphatic heterocycles. The van der Waals surface area contributed by atoms with Crippen LogP contribution in [0.4, 0.5) is 0 Å². The van der Waals surface area contributed by atoms with Gasteiger partial charge < -0.3 is 15.5 Å². The molecule has 1 aromatic rings. The van der Waals surface area contributed by atoms with Crippen molar-refractivity contribution in [2.24, 2.45) is 0 Å². The predicted octanol–water partition coefficient (Wildman–Crippen LogP) is 1.45. The number of benzene rings is 1. The molecule has 114 valence electrons. The van der Waals surface area contributed by atoms with Crippen LogP contribution in [0.1, 0.15) is 36.8 Å². The second kappa shape index (κ2) is 4.70. The van der Waals surface area contributed by atoms with E-state index in [1.165, 1.54) is 0 Å². The lowest BCUT2D eigenvalue weighted by atomic mass is 9.50. The van der Waals surface area contributed by atoms with Gasteiger partial charge in [-0.2, -0.15) is 0 Å². The molecule has 4 rings (SSSR count). The van der Waals surface area contributed by atoms with E-state index >= 15 is 0 Å². The van der Waals surface area contributed by atoms with Gasteiger partial charge in [0.1, 0.15) is 11.5 Å². The van der Waals surface area contributed by atoms with E-state index in [0.29, 0.717) is 19.3 Å². The lowest BCUT2D eigenvalue weighted by molar-refractivity contribution is -0.149. The number of Topliss-reactive ketones (excluding diaryl/α,β-unsaturated/α-hetero) is 1. The normalized spacial score (nSPS) is 37.2. The van der Waals surface area contributed by atoms with Crippen molar-refractivity contribution in [3.63, 3.8) is 0 Å². The van der Waals surface area contributed by atoms with Gasteiger partial charge in [-0.3, -0.25) is 4.79 Å². The minimum atomic E-state index is -0.861. The highest BCUT2D eigenvalue weighted by Crippen LogP contribution is 2.55. The lowest BCUT2D eigenvalue weighted by Gasteiger charge is -2.60. The van der Waals surface area contributed by atoms with Crippen molar-refractivity contribution in [3.8, 4) is 5.75 Å². The van der Waals surface area contributed by atoms with E-state index in [-0.39, 0.29) is 30.0 Å². The number of nitrogens with one attached hydrogen (secondary N) is 1. The van der Waals surface area contributed by atoms with Crippen LogP contribution in [0.5, 0.6) is 5.75 Å². The van der Waals surface area contributed by atoms with E-state index in [1.54, 1.807) is 12.1 Å². The first-order chi connectivity index (χ1) is 9.55. The number of halogens is 1. The summed E-state index contributed by atoms with van der Waals surface area (Å²) in [4.78, 5) is 12.1. The van der Waals surface area contributed by atoms with Crippen molar-refractivity contribution >= 4 is 18.2 Å². The summed E-state index contributed by atoms with van der Waals surface area (Å²) in [6, 6.07) is 5.41. The summed E-state index contributed by atoms with van der Waals surface area (Å²) >= 11 is 0. The molecule has 0 radical (unpaired) electrons. The van der Waals surface area contributed by atoms with E-state index in [0.717, 1.165) is 30.5 Å². The number of fused-ring (bicyclic) bond motifs is 1. The first-order valence-corrected chi connectivity index (χ1v) is 7.35. The molecule has 0 aromatic heterocycles. The van der Waals surface area contributed by atoms with E-state index in [2.05, 4.69) is 5.32 Å². The summed E-state index contributed by atoms with van der Waals surface area (Å²) < 4.78 is 0. The molecule has 1 aromatic carbocycles. The van der Waals surface area contributed by atoms with Crippen molar-refractivity contribution in [1.29, 1.82) is 0 Å². The smallest absolute Gasteiger partial charge is 0.134 e. The Morgan fingerprint density at radius 2 is 2.10 bits per heavy atom. The molecule has 2 aliphatic carbocycles. The van der Waals surface area contributed by atoms with Gasteiger partial charge in [0.15, 0.2) is 0 Å². The van der Waals surface area contributed by atoms with Crippen molar-refractivity contribution in [1.82, 2.24) is 5.32 Å². The molecule has 21 heavy (non-hydrogen) atoms. The summed E-state index contributed by atoms with van der Waals surface area (Å²) in [7, 11) is 0. The van der Waals surface area contributed by atoms with Gasteiger partial charge in [-0.25, -0.2) is 0 Å². The van der Waals surface area contributed by atoms with Crippen LogP contribution < -0.4 is 5.32 Å². The maximum Gasteiger partial charge on any atom is 0.134 e. The molecule has 5 heteroatoms. The molecule has 3 N–H and O–H groups in total. The maximum atomic E-state index is 12.1. The van der Waals surface area contributed by atoms with Gasteiger partial charge >= 0.3 is 0 Å². The highest BCUT2D eigenvalue weighted by Gasteiger charge is 2.62. The second-order valence-corrected chi connectivity index (χ2v) is 6.52. The molecular weight excluding hydrogens is 290 g/mol. The quantitative estimate of drug-likeness (QED) is 0.678. The first-order valence-electron chi connectivity index (χ1n) is 7.35. The Labute approximate surface area is 130 Å². The van der Waals surface area contributed by atoms with Crippen LogP contribution in [0.15, 0.2) is 18.2 Å². The monoisotopic (exact) mass is 309 g/mol. The van der Waals surface area contributed by atoms with Crippen molar-refractivity contribution in [3.05, 3.63) is 29.3 Å². The third-order valence-corrected chi connectivity index (χ3v) is 5.66. The SMILES string of the molecule is Cl.O=C1CC[C@@]2(O)[C@H]3Cc4ccc(O)cc4[C@@]2(CCN3)C1. The van der Waals surface area contributed by atoms with E-state index < -0.39 is 11.0 Å². The Balaban J connectivity index is 0.00000132. The van der Waals surface area contributed by atoms with Crippen LogP contribution in [0.3, 0.4) is 0 Å². The van der Waals surface area contributed by atoms with Crippen molar-refractivity contribution in [2.45, 2.75) is 49.2 Å². The van der Waals surface area contributed by atoms with Crippen LogP contribution >= 0.6 is 12.4 Å². The van der Waals surface area contributed by atoms with Crippen molar-refractivity contribution in [2.75, 3.05) is 6.54 Å². The third-order valence-electron chi connectivity index (χ3n) is 5.66. The number of hydrogen-bond donors (Lipinski definition) is 3. The molecule has 0 unspecified atom stereocenters. The van der Waals surface area contributed by atoms with Gasteiger partial charge in [0, 0.05) is 24.3 Å². The fourth-order valence-corrected chi connectivity index (χ4v) is 4.70. The van der Waals surface area contributed by atoms with Crippen molar-refractivity contribution < 1.29 is 15.0 Å². The Hall–Kier alpha value is -1.10. The molecule has 1 heterocycles. The number of phenols is 1. The number of hydrogen-bond acceptors (Lipinski definition) is 4. The minimum absolute atomic E-state index is 0. The Kier molecular flexibility index (Phi) is 3.32. The number of piperidine rings is 1. The van der Waals surface area contributed by atoms with Crippen LogP contribution in [0.2, 0.25) is 0 Å². The van der Waals surface area contributed by atoms with Crippen LogP contribution in [0, 0.1) is 0 Å². The number of phenolic OH excluding ortho intramolecular Hbond substituents is 1. The predicted molar refractivity (Wildman–Crippen MR) is 81.0 cm³/mol. The van der Waals surface area contributed by atoms with Crippen LogP contribution in [-0.2, 0) is 16.6 Å². The fraction of sp³-hybridized carbons (Fsp3) is 0.562. The highest BCUT2D eigenvalue weighted by molar-refractivity contribution is 5.85. The molecule has 3 aliphatic rings. The number of carbonyl (C=O) groups excluding carboxylic acids is 1. The molecule has 4 nitrogen and oxygen atoms in total. The number of carbonyl (C=O) groups is 1. The average molecular weight is 310 g/mol. The molecule has 3 atom stereocenters. The van der Waals surface area contributed by atoms with Gasteiger partial charge in [0.25, 0.3) is 0 Å². The summed E-state index contributed by atoms with van der Waals surface area (Å²) in [6.45, 7) is 0.815. The fourth-order valence-electron chi connectivity index (χ4n) is 4.70. The topological polar surface area (TPSA) is 69.6 Å². The maximum absolute atomic E-state index is 12.1. The van der Waals surface area contributed by atoms with Gasteiger partial charge in [0.05, 0.1) is 5.60 Å². The zero-order valence-electron chi connectivity index (χ0n) is 11.8. The number of aromatic hydroxyl groups is 1. The molecule has 1 saturated heterocycles. The molecule has 2 bridgehead atoms. The number of rotatable bonds is 0. The van der Waals surface area contributed by atoms with Gasteiger partial charge in [0.2, 0.25) is 0 Å². The third kappa shape index (κ3) is 1.79. The summed E-state index contributed by atoms with van der Waals surface area (Å²) in [5, 5.41) is 24.6. The summed E-state index contributed by atoms with van der Waals surface area (Å²) in [6.07, 6.45) is 2.91. The van der Waals surface area contributed by atoms with Crippen LogP contribution in [-0.4, -0.2) is 34.2 Å². The average Bonchev–Trinajstić information content (AvgIpc) is 2.41. The summed E-state index contributed by atoms with van der Waals surface area (Å²) in [5.41, 5.74) is 0.773. The molecular formula is C16H20ClNO3. The van der Waals surface area contributed by atoms with Crippen LogP contribution in [0.25, 0.3) is 0 Å². The second-order valence-electron chi connectivity index (χ2n) is 6.52. The Morgan fingerprint density at radius 3 is 2.90 bits per heavy atom. The van der Waals surface area contributed by atoms with Gasteiger partial charge in [-0.05, 0) is 49.1 Å². The molecule has 2 fully saturated rings. The van der Waals surface area contributed by atoms with Gasteiger partial charge in [-0.1, -0.05) is 6.07 Å². The standard InChI is InChI=1S/C16H19NO3.ClH/c18-11-2-1-10-7-14-16(20)4-3-12(19)9-15(16,5-6-17-14)13(10)8-11;/h1-2,8,14,17-18,20H,3-7,9H2;1H/t14-,15-,16-;/m1./s1. The minimum Gasteiger partial charge on any atom is -0.508 e. The zero-order valence-corrected chi connectivity index (χ0v) is 12.6. The summed E-state index contributed by atoms with van der Waals surface area (Å²) in [5.74, 6) is 0.446. The number of ketones is 1. The molecule has 0 amide bonds. The first kappa shape index (κ1) is 14.8. The van der Waals surface area contributed by atoms with E-state index in [9.17, 15) is 15.0 Å². The van der Waals surface area contributed by atoms with E-state index in [4.69, 9.17) is 0 Å². The Bertz CT molecular complexity index is 605. The van der Waals surface area contributed by atoms with E-state index in [1.807, 2.05) is 6.07 Å². The van der Waals surface area contributed by atoms with Gasteiger partial charge in [-0.15, -0.1) is 12.4 Å². The zero-order chi connectivity index (χ0) is 14.0. The highest BCUT2D eigenvalue weighted by atomic mass is 35.5. The molecule has 0 spiro atoms. The number of aliphatic hydroxyl groups is 1. The Morgan fingerprint density at radius 1 is 1.29 bits per heavy atom.